The average Bonchev–Trinajstić information content (AvgIpc) is 2.91. The summed E-state index contributed by atoms with van der Waals surface area (Å²) < 4.78 is 43.6. The maximum atomic E-state index is 12.9. The van der Waals surface area contributed by atoms with Gasteiger partial charge in [-0.05, 0) is 12.1 Å². The second kappa shape index (κ2) is 6.97. The molecule has 10 heteroatoms. The summed E-state index contributed by atoms with van der Waals surface area (Å²) in [4.78, 5) is 11.0. The summed E-state index contributed by atoms with van der Waals surface area (Å²) in [5.74, 6) is -0.360. The van der Waals surface area contributed by atoms with Crippen LogP contribution in [0.25, 0.3) is 0 Å². The largest absolute Gasteiger partial charge is 0.468 e. The van der Waals surface area contributed by atoms with Gasteiger partial charge in [0.2, 0.25) is 5.13 Å². The number of carbonyl (C=O) groups excluding carboxylic acids is 1. The quantitative estimate of drug-likeness (QED) is 0.658. The number of para-hydroxylation sites is 1. The van der Waals surface area contributed by atoms with Crippen LogP contribution in [0.3, 0.4) is 0 Å². The summed E-state index contributed by atoms with van der Waals surface area (Å²) in [5, 5.41) is 10.4. The summed E-state index contributed by atoms with van der Waals surface area (Å²) in [7, 11) is 1.27. The van der Waals surface area contributed by atoms with Crippen molar-refractivity contribution >= 4 is 39.9 Å². The first kappa shape index (κ1) is 16.6. The standard InChI is InChI=1S/C12H10F3N3O2S2/c1-20-9(19)6-21-11-18-17-10(22-11)16-8-5-3-2-4-7(8)12(13,14)15/h2-5H,6H2,1H3,(H,16,17). The summed E-state index contributed by atoms with van der Waals surface area (Å²) in [6.45, 7) is 0. The molecule has 2 aromatic rings. The molecular formula is C12H10F3N3O2S2. The highest BCUT2D eigenvalue weighted by Crippen LogP contribution is 2.36. The lowest BCUT2D eigenvalue weighted by Crippen LogP contribution is -2.08. The maximum Gasteiger partial charge on any atom is 0.418 e. The lowest BCUT2D eigenvalue weighted by molar-refractivity contribution is -0.138. The van der Waals surface area contributed by atoms with E-state index in [1.807, 2.05) is 0 Å². The molecule has 0 aliphatic heterocycles. The number of hydrogen-bond acceptors (Lipinski definition) is 7. The Morgan fingerprint density at radius 2 is 2.09 bits per heavy atom. The Balaban J connectivity index is 2.09. The molecule has 2 rings (SSSR count). The Labute approximate surface area is 131 Å². The van der Waals surface area contributed by atoms with Gasteiger partial charge >= 0.3 is 12.1 Å². The van der Waals surface area contributed by atoms with E-state index in [-0.39, 0.29) is 16.6 Å². The normalized spacial score (nSPS) is 11.3. The van der Waals surface area contributed by atoms with Gasteiger partial charge in [-0.3, -0.25) is 4.79 Å². The number of thioether (sulfide) groups is 1. The van der Waals surface area contributed by atoms with Gasteiger partial charge in [0.1, 0.15) is 0 Å². The van der Waals surface area contributed by atoms with Gasteiger partial charge in [0.05, 0.1) is 24.1 Å². The number of rotatable bonds is 5. The molecule has 0 atom stereocenters. The van der Waals surface area contributed by atoms with Crippen LogP contribution >= 0.6 is 23.1 Å². The number of esters is 1. The Morgan fingerprint density at radius 3 is 2.77 bits per heavy atom. The van der Waals surface area contributed by atoms with E-state index in [0.29, 0.717) is 4.34 Å². The van der Waals surface area contributed by atoms with Crippen molar-refractivity contribution in [3.63, 3.8) is 0 Å². The van der Waals surface area contributed by atoms with Crippen molar-refractivity contribution in [1.29, 1.82) is 0 Å². The Kier molecular flexibility index (Phi) is 5.24. The van der Waals surface area contributed by atoms with Gasteiger partial charge in [0.15, 0.2) is 4.34 Å². The lowest BCUT2D eigenvalue weighted by Gasteiger charge is -2.12. The first-order valence-electron chi connectivity index (χ1n) is 5.86. The molecule has 0 unspecified atom stereocenters. The second-order valence-corrected chi connectivity index (χ2v) is 6.11. The van der Waals surface area contributed by atoms with Crippen molar-refractivity contribution in [3.8, 4) is 0 Å². The number of ether oxygens (including phenoxy) is 1. The van der Waals surface area contributed by atoms with E-state index >= 15 is 0 Å². The predicted molar refractivity (Wildman–Crippen MR) is 77.4 cm³/mol. The number of anilines is 2. The van der Waals surface area contributed by atoms with Gasteiger partial charge in [-0.2, -0.15) is 13.2 Å². The van der Waals surface area contributed by atoms with E-state index in [1.165, 1.54) is 25.3 Å². The van der Waals surface area contributed by atoms with Crippen LogP contribution in [-0.4, -0.2) is 29.0 Å². The molecule has 1 N–H and O–H groups in total. The molecule has 0 amide bonds. The SMILES string of the molecule is COC(=O)CSc1nnc(Nc2ccccc2C(F)(F)F)s1. The van der Waals surface area contributed by atoms with E-state index in [2.05, 4.69) is 20.3 Å². The summed E-state index contributed by atoms with van der Waals surface area (Å²) >= 11 is 2.16. The Bertz CT molecular complexity index is 661. The topological polar surface area (TPSA) is 64.1 Å². The highest BCUT2D eigenvalue weighted by Gasteiger charge is 2.33. The number of aromatic nitrogens is 2. The fourth-order valence-electron chi connectivity index (χ4n) is 1.45. The molecule has 0 radical (unpaired) electrons. The third-order valence-electron chi connectivity index (χ3n) is 2.42. The first-order chi connectivity index (χ1) is 10.4. The van der Waals surface area contributed by atoms with Crippen LogP contribution in [0.15, 0.2) is 28.6 Å². The fraction of sp³-hybridized carbons (Fsp3) is 0.250. The minimum absolute atomic E-state index is 0.0598. The average molecular weight is 349 g/mol. The minimum atomic E-state index is -4.46. The van der Waals surface area contributed by atoms with Crippen molar-refractivity contribution in [2.75, 3.05) is 18.2 Å². The molecule has 0 fully saturated rings. The van der Waals surface area contributed by atoms with Gasteiger partial charge in [0, 0.05) is 0 Å². The van der Waals surface area contributed by atoms with E-state index in [1.54, 1.807) is 0 Å². The lowest BCUT2D eigenvalue weighted by atomic mass is 10.2. The molecule has 0 aliphatic carbocycles. The van der Waals surface area contributed by atoms with Crippen LogP contribution in [0, 0.1) is 0 Å². The Hall–Kier alpha value is -1.81. The van der Waals surface area contributed by atoms with Gasteiger partial charge in [0.25, 0.3) is 0 Å². The van der Waals surface area contributed by atoms with Crippen LogP contribution in [0.1, 0.15) is 5.56 Å². The molecule has 0 saturated carbocycles. The predicted octanol–water partition coefficient (Wildman–Crippen LogP) is 3.57. The molecule has 118 valence electrons. The third kappa shape index (κ3) is 4.34. The van der Waals surface area contributed by atoms with Gasteiger partial charge < -0.3 is 10.1 Å². The van der Waals surface area contributed by atoms with Crippen LogP contribution in [0.2, 0.25) is 0 Å². The number of hydrogen-bond donors (Lipinski definition) is 1. The zero-order valence-electron chi connectivity index (χ0n) is 11.2. The monoisotopic (exact) mass is 349 g/mol. The molecule has 1 heterocycles. The third-order valence-corrected chi connectivity index (χ3v) is 4.37. The fourth-order valence-corrected chi connectivity index (χ4v) is 3.05. The molecular weight excluding hydrogens is 339 g/mol. The summed E-state index contributed by atoms with van der Waals surface area (Å²) in [5.41, 5.74) is -0.885. The summed E-state index contributed by atoms with van der Waals surface area (Å²) in [6, 6.07) is 5.10. The maximum absolute atomic E-state index is 12.9. The first-order valence-corrected chi connectivity index (χ1v) is 7.66. The zero-order valence-corrected chi connectivity index (χ0v) is 12.8. The van der Waals surface area contributed by atoms with Crippen LogP contribution < -0.4 is 5.32 Å². The van der Waals surface area contributed by atoms with Gasteiger partial charge in [-0.25, -0.2) is 0 Å². The van der Waals surface area contributed by atoms with Crippen molar-refractivity contribution in [1.82, 2.24) is 10.2 Å². The molecule has 1 aromatic heterocycles. The molecule has 1 aromatic carbocycles. The number of benzene rings is 1. The van der Waals surface area contributed by atoms with Crippen LogP contribution in [0.4, 0.5) is 24.0 Å². The van der Waals surface area contributed by atoms with E-state index < -0.39 is 17.7 Å². The highest BCUT2D eigenvalue weighted by atomic mass is 32.2. The molecule has 0 saturated heterocycles. The number of nitrogens with zero attached hydrogens (tertiary/aromatic N) is 2. The molecule has 0 spiro atoms. The van der Waals surface area contributed by atoms with Crippen molar-refractivity contribution in [3.05, 3.63) is 29.8 Å². The number of halogens is 3. The molecule has 22 heavy (non-hydrogen) atoms. The summed E-state index contributed by atoms with van der Waals surface area (Å²) in [6.07, 6.45) is -4.46. The molecule has 0 bridgehead atoms. The molecule has 5 nitrogen and oxygen atoms in total. The number of nitrogens with one attached hydrogen (secondary N) is 1. The van der Waals surface area contributed by atoms with Crippen LogP contribution in [-0.2, 0) is 15.7 Å². The van der Waals surface area contributed by atoms with E-state index in [0.717, 1.165) is 29.2 Å². The van der Waals surface area contributed by atoms with Crippen molar-refractivity contribution in [2.45, 2.75) is 10.5 Å². The van der Waals surface area contributed by atoms with E-state index in [4.69, 9.17) is 0 Å². The van der Waals surface area contributed by atoms with Gasteiger partial charge in [-0.15, -0.1) is 10.2 Å². The van der Waals surface area contributed by atoms with Crippen molar-refractivity contribution in [2.24, 2.45) is 0 Å². The number of carbonyl (C=O) groups is 1. The zero-order chi connectivity index (χ0) is 16.2. The number of methoxy groups -OCH3 is 1. The minimum Gasteiger partial charge on any atom is -0.468 e. The molecule has 0 aliphatic rings. The Morgan fingerprint density at radius 1 is 1.36 bits per heavy atom. The number of alkyl halides is 3. The second-order valence-electron chi connectivity index (χ2n) is 3.91. The van der Waals surface area contributed by atoms with Crippen molar-refractivity contribution < 1.29 is 22.7 Å². The van der Waals surface area contributed by atoms with Gasteiger partial charge in [-0.1, -0.05) is 35.2 Å². The van der Waals surface area contributed by atoms with Crippen LogP contribution in [0.5, 0.6) is 0 Å². The smallest absolute Gasteiger partial charge is 0.418 e. The highest BCUT2D eigenvalue weighted by molar-refractivity contribution is 8.01. The van der Waals surface area contributed by atoms with E-state index in [9.17, 15) is 18.0 Å².